The average Bonchev–Trinajstić information content (AvgIpc) is 2.51. The van der Waals surface area contributed by atoms with E-state index in [9.17, 15) is 9.18 Å². The van der Waals surface area contributed by atoms with Crippen LogP contribution in [0, 0.1) is 5.82 Å². The van der Waals surface area contributed by atoms with E-state index in [1.54, 1.807) is 31.2 Å². The summed E-state index contributed by atoms with van der Waals surface area (Å²) in [6.45, 7) is 1.56. The third-order valence-electron chi connectivity index (χ3n) is 2.99. The summed E-state index contributed by atoms with van der Waals surface area (Å²) in [6.07, 6.45) is -0.836. The summed E-state index contributed by atoms with van der Waals surface area (Å²) >= 11 is 0. The van der Waals surface area contributed by atoms with Gasteiger partial charge in [0.05, 0.1) is 12.8 Å². The number of carbonyl (C=O) groups is 1. The third kappa shape index (κ3) is 3.66. The molecule has 0 heterocycles. The minimum absolute atomic E-state index is 0.0143. The summed E-state index contributed by atoms with van der Waals surface area (Å²) < 4.78 is 24.3. The average molecular weight is 304 g/mol. The van der Waals surface area contributed by atoms with Crippen molar-refractivity contribution >= 4 is 17.3 Å². The Bertz CT molecular complexity index is 676. The van der Waals surface area contributed by atoms with Gasteiger partial charge in [0.15, 0.2) is 17.6 Å². The molecule has 0 aliphatic carbocycles. The zero-order chi connectivity index (χ0) is 16.1. The van der Waals surface area contributed by atoms with Gasteiger partial charge in [-0.05, 0) is 37.3 Å². The van der Waals surface area contributed by atoms with Crippen LogP contribution >= 0.6 is 0 Å². The highest BCUT2D eigenvalue weighted by Gasteiger charge is 2.18. The van der Waals surface area contributed by atoms with Gasteiger partial charge in [-0.3, -0.25) is 4.79 Å². The van der Waals surface area contributed by atoms with E-state index in [1.807, 2.05) is 0 Å². The number of anilines is 2. The second kappa shape index (κ2) is 6.80. The van der Waals surface area contributed by atoms with Crippen molar-refractivity contribution in [1.29, 1.82) is 0 Å². The van der Waals surface area contributed by atoms with Crippen LogP contribution in [0.1, 0.15) is 6.92 Å². The molecule has 2 aromatic rings. The van der Waals surface area contributed by atoms with Gasteiger partial charge in [0.1, 0.15) is 5.82 Å². The lowest BCUT2D eigenvalue weighted by Gasteiger charge is -2.17. The zero-order valence-electron chi connectivity index (χ0n) is 12.3. The molecule has 3 N–H and O–H groups in total. The van der Waals surface area contributed by atoms with Crippen molar-refractivity contribution in [3.8, 4) is 11.5 Å². The van der Waals surface area contributed by atoms with Crippen LogP contribution in [0.4, 0.5) is 15.8 Å². The van der Waals surface area contributed by atoms with Gasteiger partial charge in [0.2, 0.25) is 0 Å². The molecule has 0 radical (unpaired) electrons. The lowest BCUT2D eigenvalue weighted by molar-refractivity contribution is -0.122. The van der Waals surface area contributed by atoms with Crippen molar-refractivity contribution in [1.82, 2.24) is 0 Å². The molecule has 2 aromatic carbocycles. The van der Waals surface area contributed by atoms with E-state index >= 15 is 0 Å². The summed E-state index contributed by atoms with van der Waals surface area (Å²) in [5.41, 5.74) is 5.95. The highest BCUT2D eigenvalue weighted by Crippen LogP contribution is 2.27. The van der Waals surface area contributed by atoms with E-state index in [0.717, 1.165) is 0 Å². The quantitative estimate of drug-likeness (QED) is 0.833. The van der Waals surface area contributed by atoms with Crippen molar-refractivity contribution in [3.05, 3.63) is 48.3 Å². The molecular weight excluding hydrogens is 287 g/mol. The maximum absolute atomic E-state index is 13.6. The molecule has 0 saturated carbocycles. The Balaban J connectivity index is 2.07. The predicted molar refractivity (Wildman–Crippen MR) is 82.5 cm³/mol. The van der Waals surface area contributed by atoms with E-state index in [4.69, 9.17) is 15.2 Å². The maximum atomic E-state index is 13.6. The van der Waals surface area contributed by atoms with Crippen molar-refractivity contribution in [3.63, 3.8) is 0 Å². The van der Waals surface area contributed by atoms with Gasteiger partial charge < -0.3 is 20.5 Å². The number of ether oxygens (including phenoxy) is 2. The molecule has 0 fully saturated rings. The van der Waals surface area contributed by atoms with E-state index in [2.05, 4.69) is 5.32 Å². The number of rotatable bonds is 5. The Morgan fingerprint density at radius 1 is 1.23 bits per heavy atom. The molecular formula is C16H17FN2O3. The van der Waals surface area contributed by atoms with Gasteiger partial charge in [-0.15, -0.1) is 0 Å². The van der Waals surface area contributed by atoms with Crippen LogP contribution in [0.3, 0.4) is 0 Å². The minimum atomic E-state index is -0.836. The van der Waals surface area contributed by atoms with Gasteiger partial charge in [0.25, 0.3) is 5.91 Å². The second-order valence-corrected chi connectivity index (χ2v) is 4.64. The first-order chi connectivity index (χ1) is 10.5. The summed E-state index contributed by atoms with van der Waals surface area (Å²) in [4.78, 5) is 12.1. The molecule has 22 heavy (non-hydrogen) atoms. The highest BCUT2D eigenvalue weighted by molar-refractivity contribution is 5.94. The lowest BCUT2D eigenvalue weighted by Crippen LogP contribution is -2.30. The largest absolute Gasteiger partial charge is 0.493 e. The Hall–Kier alpha value is -2.76. The number of hydrogen-bond donors (Lipinski definition) is 2. The van der Waals surface area contributed by atoms with Gasteiger partial charge in [0, 0.05) is 5.69 Å². The summed E-state index contributed by atoms with van der Waals surface area (Å²) in [5.74, 6) is -0.111. The second-order valence-electron chi connectivity index (χ2n) is 4.64. The van der Waals surface area contributed by atoms with Crippen LogP contribution in [0.5, 0.6) is 11.5 Å². The fourth-order valence-electron chi connectivity index (χ4n) is 1.83. The normalized spacial score (nSPS) is 11.6. The van der Waals surface area contributed by atoms with Gasteiger partial charge in [-0.1, -0.05) is 12.1 Å². The third-order valence-corrected chi connectivity index (χ3v) is 2.99. The van der Waals surface area contributed by atoms with E-state index in [-0.39, 0.29) is 5.69 Å². The molecule has 6 heteroatoms. The number of nitrogens with one attached hydrogen (secondary N) is 1. The molecule has 1 amide bonds. The molecule has 0 saturated heterocycles. The monoisotopic (exact) mass is 304 g/mol. The van der Waals surface area contributed by atoms with Crippen LogP contribution in [0.2, 0.25) is 0 Å². The van der Waals surface area contributed by atoms with Crippen molar-refractivity contribution in [2.24, 2.45) is 0 Å². The fraction of sp³-hybridized carbons (Fsp3) is 0.188. The Morgan fingerprint density at radius 3 is 2.59 bits per heavy atom. The summed E-state index contributed by atoms with van der Waals surface area (Å²) in [6, 6.07) is 10.9. The van der Waals surface area contributed by atoms with Gasteiger partial charge in [-0.2, -0.15) is 0 Å². The smallest absolute Gasteiger partial charge is 0.265 e. The van der Waals surface area contributed by atoms with E-state index in [0.29, 0.717) is 17.2 Å². The lowest BCUT2D eigenvalue weighted by atomic mass is 10.2. The number of methoxy groups -OCH3 is 1. The first-order valence-corrected chi connectivity index (χ1v) is 6.67. The topological polar surface area (TPSA) is 73.6 Å². The molecule has 0 aliphatic rings. The molecule has 0 unspecified atom stereocenters. The standard InChI is InChI=1S/C16H17FN2O3/c1-10(22-15-6-4-3-5-14(15)21-2)16(20)19-13-9-11(18)7-8-12(13)17/h3-10H,18H2,1-2H3,(H,19,20)/t10-/m0/s1. The fourth-order valence-corrected chi connectivity index (χ4v) is 1.83. The minimum Gasteiger partial charge on any atom is -0.493 e. The molecule has 1 atom stereocenters. The van der Waals surface area contributed by atoms with Crippen LogP contribution in [-0.4, -0.2) is 19.1 Å². The number of nitrogen functional groups attached to an aromatic ring is 1. The van der Waals surface area contributed by atoms with Gasteiger partial charge in [-0.25, -0.2) is 4.39 Å². The Morgan fingerprint density at radius 2 is 1.91 bits per heavy atom. The van der Waals surface area contributed by atoms with E-state index in [1.165, 1.54) is 25.3 Å². The Kier molecular flexibility index (Phi) is 4.83. The number of carbonyl (C=O) groups excluding carboxylic acids is 1. The summed E-state index contributed by atoms with van der Waals surface area (Å²) in [7, 11) is 1.51. The van der Waals surface area contributed by atoms with Gasteiger partial charge >= 0.3 is 0 Å². The van der Waals surface area contributed by atoms with Crippen LogP contribution in [-0.2, 0) is 4.79 Å². The first-order valence-electron chi connectivity index (χ1n) is 6.67. The Labute approximate surface area is 127 Å². The maximum Gasteiger partial charge on any atom is 0.265 e. The number of hydrogen-bond acceptors (Lipinski definition) is 4. The zero-order valence-corrected chi connectivity index (χ0v) is 12.3. The van der Waals surface area contributed by atoms with E-state index < -0.39 is 17.8 Å². The number of amides is 1. The van der Waals surface area contributed by atoms with Crippen LogP contribution in [0.25, 0.3) is 0 Å². The molecule has 116 valence electrons. The molecule has 0 aliphatic heterocycles. The SMILES string of the molecule is COc1ccccc1O[C@@H](C)C(=O)Nc1cc(N)ccc1F. The number of nitrogens with two attached hydrogens (primary N) is 1. The molecule has 0 spiro atoms. The van der Waals surface area contributed by atoms with Crippen LogP contribution < -0.4 is 20.5 Å². The molecule has 5 nitrogen and oxygen atoms in total. The van der Waals surface area contributed by atoms with Crippen LogP contribution in [0.15, 0.2) is 42.5 Å². The van der Waals surface area contributed by atoms with Crippen molar-refractivity contribution < 1.29 is 18.7 Å². The molecule has 0 aromatic heterocycles. The predicted octanol–water partition coefficient (Wildman–Crippen LogP) is 2.82. The highest BCUT2D eigenvalue weighted by atomic mass is 19.1. The number of para-hydroxylation sites is 2. The van der Waals surface area contributed by atoms with Crippen molar-refractivity contribution in [2.75, 3.05) is 18.2 Å². The van der Waals surface area contributed by atoms with Crippen molar-refractivity contribution in [2.45, 2.75) is 13.0 Å². The molecule has 2 rings (SSSR count). The summed E-state index contributed by atoms with van der Waals surface area (Å²) in [5, 5.41) is 2.45. The number of benzene rings is 2. The number of halogens is 1. The first kappa shape index (κ1) is 15.6. The molecule has 0 bridgehead atoms.